The molecule has 1 aromatic carbocycles. The van der Waals surface area contributed by atoms with Gasteiger partial charge in [-0.1, -0.05) is 6.07 Å². The van der Waals surface area contributed by atoms with Gasteiger partial charge in [-0.05, 0) is 35.7 Å². The summed E-state index contributed by atoms with van der Waals surface area (Å²) in [5, 5.41) is 17.3. The first-order valence-corrected chi connectivity index (χ1v) is 9.64. The van der Waals surface area contributed by atoms with Gasteiger partial charge in [0, 0.05) is 22.7 Å². The van der Waals surface area contributed by atoms with E-state index >= 15 is 0 Å². The number of rotatable bonds is 6. The molecule has 2 amide bonds. The number of carbonyl (C=O) groups excluding carboxylic acids is 3. The molecule has 8 nitrogen and oxygen atoms in total. The number of nitro groups is 1. The molecule has 28 heavy (non-hydrogen) atoms. The first-order chi connectivity index (χ1) is 13.4. The maximum atomic E-state index is 12.3. The summed E-state index contributed by atoms with van der Waals surface area (Å²) in [6, 6.07) is 12.1. The first-order valence-electron chi connectivity index (χ1n) is 7.94. The van der Waals surface area contributed by atoms with Gasteiger partial charge in [0.15, 0.2) is 0 Å². The highest BCUT2D eigenvalue weighted by Crippen LogP contribution is 2.22. The third-order valence-corrected chi connectivity index (χ3v) is 5.55. The summed E-state index contributed by atoms with van der Waals surface area (Å²) >= 11 is 2.61. The fraction of sp³-hybridized carbons (Fsp3) is 0.0556. The van der Waals surface area contributed by atoms with Crippen LogP contribution in [0.1, 0.15) is 19.4 Å². The Kier molecular flexibility index (Phi) is 5.92. The van der Waals surface area contributed by atoms with Crippen molar-refractivity contribution in [1.82, 2.24) is 5.32 Å². The summed E-state index contributed by atoms with van der Waals surface area (Å²) in [6.45, 7) is 0.106. The van der Waals surface area contributed by atoms with Crippen LogP contribution < -0.4 is 10.6 Å². The topological polar surface area (TPSA) is 118 Å². The zero-order valence-electron chi connectivity index (χ0n) is 14.2. The molecule has 0 spiro atoms. The largest absolute Gasteiger partial charge is 0.343 e. The molecule has 0 radical (unpaired) electrons. The summed E-state index contributed by atoms with van der Waals surface area (Å²) in [6.07, 6.45) is 0. The minimum atomic E-state index is -0.889. The van der Waals surface area contributed by atoms with E-state index in [1.54, 1.807) is 24.3 Å². The fourth-order valence-corrected chi connectivity index (χ4v) is 3.87. The highest BCUT2D eigenvalue weighted by molar-refractivity contribution is 7.16. The molecule has 0 aliphatic rings. The lowest BCUT2D eigenvalue weighted by Crippen LogP contribution is -2.34. The molecular formula is C18H13N3O5S2. The van der Waals surface area contributed by atoms with E-state index < -0.39 is 16.7 Å². The Balaban J connectivity index is 1.53. The molecular weight excluding hydrogens is 402 g/mol. The maximum absolute atomic E-state index is 12.3. The molecule has 3 aromatic rings. The summed E-state index contributed by atoms with van der Waals surface area (Å²) < 4.78 is 0. The van der Waals surface area contributed by atoms with Gasteiger partial charge in [0.25, 0.3) is 5.69 Å². The molecule has 0 bridgehead atoms. The van der Waals surface area contributed by atoms with E-state index in [0.29, 0.717) is 9.75 Å². The molecule has 2 N–H and O–H groups in total. The van der Waals surface area contributed by atoms with E-state index in [2.05, 4.69) is 10.6 Å². The van der Waals surface area contributed by atoms with Gasteiger partial charge < -0.3 is 10.6 Å². The summed E-state index contributed by atoms with van der Waals surface area (Å²) in [4.78, 5) is 48.1. The lowest BCUT2D eigenvalue weighted by molar-refractivity contribution is -0.384. The van der Waals surface area contributed by atoms with Crippen LogP contribution in [0.3, 0.4) is 0 Å². The van der Waals surface area contributed by atoms with Crippen LogP contribution in [0.5, 0.6) is 0 Å². The molecule has 0 aliphatic carbocycles. The molecule has 3 rings (SSSR count). The number of hydrogen-bond donors (Lipinski definition) is 2. The molecule has 2 heterocycles. The second kappa shape index (κ2) is 8.55. The highest BCUT2D eigenvalue weighted by Gasteiger charge is 2.16. The van der Waals surface area contributed by atoms with Crippen LogP contribution in [0.25, 0.3) is 0 Å². The number of nitrogens with one attached hydrogen (secondary N) is 2. The molecule has 0 saturated carbocycles. The molecule has 0 fully saturated rings. The van der Waals surface area contributed by atoms with Gasteiger partial charge in [-0.2, -0.15) is 0 Å². The van der Waals surface area contributed by atoms with Crippen molar-refractivity contribution in [3.8, 4) is 0 Å². The van der Waals surface area contributed by atoms with Crippen LogP contribution in [0.4, 0.5) is 11.4 Å². The van der Waals surface area contributed by atoms with Crippen LogP contribution >= 0.6 is 22.7 Å². The standard InChI is InChI=1S/C18H13N3O5S2/c22-16(14-2-1-9-27-14)15-8-7-13(28-15)10-19-17(23)18(24)20-11-3-5-12(6-4-11)21(25)26/h1-9H,10H2,(H,19,23)(H,20,24). The number of amides is 2. The number of nitrogens with zero attached hydrogens (tertiary/aromatic N) is 1. The smallest absolute Gasteiger partial charge is 0.313 e. The predicted octanol–water partition coefficient (Wildman–Crippen LogP) is 3.20. The van der Waals surface area contributed by atoms with Crippen LogP contribution in [0, 0.1) is 10.1 Å². The second-order valence-electron chi connectivity index (χ2n) is 5.51. The minimum absolute atomic E-state index is 0.0755. The average molecular weight is 415 g/mol. The van der Waals surface area contributed by atoms with Crippen molar-refractivity contribution in [3.05, 3.63) is 78.7 Å². The van der Waals surface area contributed by atoms with Crippen LogP contribution in [-0.2, 0) is 16.1 Å². The van der Waals surface area contributed by atoms with Gasteiger partial charge in [0.2, 0.25) is 5.78 Å². The Morgan fingerprint density at radius 1 is 0.964 bits per heavy atom. The molecule has 0 atom stereocenters. The van der Waals surface area contributed by atoms with E-state index in [1.807, 2.05) is 5.38 Å². The zero-order chi connectivity index (χ0) is 20.1. The lowest BCUT2D eigenvalue weighted by atomic mass is 10.3. The number of thiophene rings is 2. The summed E-state index contributed by atoms with van der Waals surface area (Å²) in [5.41, 5.74) is 0.152. The molecule has 2 aromatic heterocycles. The second-order valence-corrected chi connectivity index (χ2v) is 7.63. The van der Waals surface area contributed by atoms with Crippen LogP contribution in [0.2, 0.25) is 0 Å². The summed E-state index contributed by atoms with van der Waals surface area (Å²) in [7, 11) is 0. The number of hydrogen-bond acceptors (Lipinski definition) is 7. The van der Waals surface area contributed by atoms with Crippen molar-refractivity contribution >= 4 is 51.6 Å². The van der Waals surface area contributed by atoms with Gasteiger partial charge in [-0.3, -0.25) is 24.5 Å². The molecule has 0 saturated heterocycles. The van der Waals surface area contributed by atoms with Crippen LogP contribution in [0.15, 0.2) is 53.9 Å². The Hall–Kier alpha value is -3.37. The van der Waals surface area contributed by atoms with Crippen molar-refractivity contribution in [2.75, 3.05) is 5.32 Å². The average Bonchev–Trinajstić information content (AvgIpc) is 3.38. The third-order valence-electron chi connectivity index (χ3n) is 3.60. The highest BCUT2D eigenvalue weighted by atomic mass is 32.1. The van der Waals surface area contributed by atoms with Gasteiger partial charge in [0.1, 0.15) is 0 Å². The number of nitro benzene ring substituents is 1. The van der Waals surface area contributed by atoms with Crippen molar-refractivity contribution < 1.29 is 19.3 Å². The molecule has 0 unspecified atom stereocenters. The van der Waals surface area contributed by atoms with E-state index in [9.17, 15) is 24.5 Å². The predicted molar refractivity (Wildman–Crippen MR) is 106 cm³/mol. The number of carbonyl (C=O) groups is 3. The summed E-state index contributed by atoms with van der Waals surface area (Å²) in [5.74, 6) is -1.81. The SMILES string of the molecule is O=C(NCc1ccc(C(=O)c2cccs2)s1)C(=O)Nc1ccc([N+](=O)[O-])cc1. The quantitative estimate of drug-likeness (QED) is 0.277. The number of benzene rings is 1. The molecule has 0 aliphatic heterocycles. The third kappa shape index (κ3) is 4.67. The Morgan fingerprint density at radius 3 is 2.36 bits per heavy atom. The van der Waals surface area contributed by atoms with Crippen molar-refractivity contribution in [3.63, 3.8) is 0 Å². The van der Waals surface area contributed by atoms with Gasteiger partial charge in [-0.15, -0.1) is 22.7 Å². The first kappa shape index (κ1) is 19.4. The monoisotopic (exact) mass is 415 g/mol. The number of non-ortho nitro benzene ring substituents is 1. The fourth-order valence-electron chi connectivity index (χ4n) is 2.23. The Morgan fingerprint density at radius 2 is 1.71 bits per heavy atom. The molecule has 142 valence electrons. The minimum Gasteiger partial charge on any atom is -0.343 e. The van der Waals surface area contributed by atoms with Gasteiger partial charge in [-0.25, -0.2) is 0 Å². The van der Waals surface area contributed by atoms with Gasteiger partial charge in [0.05, 0.1) is 21.2 Å². The van der Waals surface area contributed by atoms with E-state index in [0.717, 1.165) is 4.88 Å². The van der Waals surface area contributed by atoms with E-state index in [-0.39, 0.29) is 23.7 Å². The normalized spacial score (nSPS) is 10.3. The van der Waals surface area contributed by atoms with Crippen molar-refractivity contribution in [1.29, 1.82) is 0 Å². The van der Waals surface area contributed by atoms with Crippen molar-refractivity contribution in [2.45, 2.75) is 6.54 Å². The van der Waals surface area contributed by atoms with Gasteiger partial charge >= 0.3 is 11.8 Å². The Bertz CT molecular complexity index is 1030. The molecule has 10 heteroatoms. The maximum Gasteiger partial charge on any atom is 0.313 e. The Labute approximate surface area is 167 Å². The lowest BCUT2D eigenvalue weighted by Gasteiger charge is -2.05. The van der Waals surface area contributed by atoms with E-state index in [4.69, 9.17) is 0 Å². The van der Waals surface area contributed by atoms with Crippen LogP contribution in [-0.4, -0.2) is 22.5 Å². The van der Waals surface area contributed by atoms with E-state index in [1.165, 1.54) is 46.9 Å². The zero-order valence-corrected chi connectivity index (χ0v) is 15.8. The number of anilines is 1. The number of ketones is 1. The van der Waals surface area contributed by atoms with Crippen molar-refractivity contribution in [2.24, 2.45) is 0 Å².